The minimum atomic E-state index is -4.91. The Hall–Kier alpha value is -2.75. The molecule has 2 heterocycles. The van der Waals surface area contributed by atoms with Crippen LogP contribution in [0, 0.1) is 0 Å². The van der Waals surface area contributed by atoms with Crippen LogP contribution in [0.1, 0.15) is 53.9 Å². The fourth-order valence-corrected chi connectivity index (χ4v) is 4.92. The van der Waals surface area contributed by atoms with E-state index in [0.29, 0.717) is 44.7 Å². The first-order valence-corrected chi connectivity index (χ1v) is 12.0. The van der Waals surface area contributed by atoms with Crippen LogP contribution in [-0.2, 0) is 23.7 Å². The zero-order chi connectivity index (χ0) is 25.9. The van der Waals surface area contributed by atoms with Crippen molar-refractivity contribution in [3.05, 3.63) is 70.8 Å². The first kappa shape index (κ1) is 26.3. The van der Waals surface area contributed by atoms with Crippen molar-refractivity contribution in [1.29, 1.82) is 0 Å². The van der Waals surface area contributed by atoms with Gasteiger partial charge in [-0.05, 0) is 55.0 Å². The molecule has 0 aromatic heterocycles. The summed E-state index contributed by atoms with van der Waals surface area (Å²) >= 11 is 0. The molecule has 36 heavy (non-hydrogen) atoms. The summed E-state index contributed by atoms with van der Waals surface area (Å²) in [6.07, 6.45) is -6.86. The summed E-state index contributed by atoms with van der Waals surface area (Å²) in [7, 11) is 0. The summed E-state index contributed by atoms with van der Waals surface area (Å²) in [5.74, 6) is -0.262. The lowest BCUT2D eigenvalue weighted by Crippen LogP contribution is -2.51. The van der Waals surface area contributed by atoms with Gasteiger partial charge in [0.1, 0.15) is 0 Å². The first-order valence-electron chi connectivity index (χ1n) is 12.0. The molecule has 4 rings (SSSR count). The van der Waals surface area contributed by atoms with E-state index in [-0.39, 0.29) is 23.6 Å². The van der Waals surface area contributed by atoms with Crippen LogP contribution in [0.3, 0.4) is 0 Å². The Morgan fingerprint density at radius 1 is 0.833 bits per heavy atom. The van der Waals surface area contributed by atoms with Crippen LogP contribution < -0.4 is 0 Å². The molecule has 0 saturated carbocycles. The van der Waals surface area contributed by atoms with Crippen molar-refractivity contribution >= 4 is 6.03 Å². The van der Waals surface area contributed by atoms with Gasteiger partial charge in [0.15, 0.2) is 0 Å². The topological polar surface area (TPSA) is 32.8 Å². The van der Waals surface area contributed by atoms with Gasteiger partial charge in [-0.25, -0.2) is 4.79 Å². The number of alkyl halides is 6. The van der Waals surface area contributed by atoms with Crippen molar-refractivity contribution in [3.8, 4) is 0 Å². The number of rotatable bonds is 4. The predicted molar refractivity (Wildman–Crippen MR) is 121 cm³/mol. The minimum absolute atomic E-state index is 0.0400. The van der Waals surface area contributed by atoms with Gasteiger partial charge in [-0.2, -0.15) is 26.3 Å². The first-order chi connectivity index (χ1) is 17.0. The highest BCUT2D eigenvalue weighted by molar-refractivity contribution is 5.74. The average Bonchev–Trinajstić information content (AvgIpc) is 2.87. The Kier molecular flexibility index (Phi) is 7.82. The largest absolute Gasteiger partial charge is 0.416 e. The summed E-state index contributed by atoms with van der Waals surface area (Å²) in [6, 6.07) is 10.8. The van der Waals surface area contributed by atoms with Gasteiger partial charge in [0.25, 0.3) is 0 Å². The maximum absolute atomic E-state index is 13.2. The van der Waals surface area contributed by atoms with E-state index in [0.717, 1.165) is 24.8 Å². The SMILES string of the molecule is O=C(N1CCCCC1)N1CC[C@@H](OCc2cc(C(F)(F)F)cc(C(F)(F)F)c2)[C@@H](c2ccccc2)C1. The molecule has 2 aromatic carbocycles. The molecule has 2 atom stereocenters. The Bertz CT molecular complexity index is 1000. The van der Waals surface area contributed by atoms with E-state index >= 15 is 0 Å². The van der Waals surface area contributed by atoms with E-state index in [1.165, 1.54) is 0 Å². The standard InChI is InChI=1S/C26H28F6N2O2/c27-25(28,29)20-13-18(14-21(15-20)26(30,31)32)17-36-23-9-12-34(24(35)33-10-5-2-6-11-33)16-22(23)19-7-3-1-4-8-19/h1,3-4,7-8,13-15,22-23H,2,5-6,9-12,16-17H2/t22-,23-/m1/s1. The second-order valence-electron chi connectivity index (χ2n) is 9.35. The van der Waals surface area contributed by atoms with Crippen molar-refractivity contribution < 1.29 is 35.9 Å². The molecule has 0 aliphatic carbocycles. The Morgan fingerprint density at radius 2 is 1.44 bits per heavy atom. The number of likely N-dealkylation sites (tertiary alicyclic amines) is 2. The van der Waals surface area contributed by atoms with E-state index in [1.54, 1.807) is 4.90 Å². The van der Waals surface area contributed by atoms with E-state index < -0.39 is 36.2 Å². The number of hydrogen-bond acceptors (Lipinski definition) is 2. The van der Waals surface area contributed by atoms with Crippen LogP contribution in [0.4, 0.5) is 31.1 Å². The number of ether oxygens (including phenoxy) is 1. The van der Waals surface area contributed by atoms with E-state index in [1.807, 2.05) is 35.2 Å². The number of benzene rings is 2. The van der Waals surface area contributed by atoms with Crippen molar-refractivity contribution in [3.63, 3.8) is 0 Å². The molecule has 2 saturated heterocycles. The lowest BCUT2D eigenvalue weighted by Gasteiger charge is -2.41. The fourth-order valence-electron chi connectivity index (χ4n) is 4.92. The summed E-state index contributed by atoms with van der Waals surface area (Å²) in [5.41, 5.74) is -2.02. The van der Waals surface area contributed by atoms with Crippen LogP contribution in [0.25, 0.3) is 0 Å². The number of urea groups is 1. The van der Waals surface area contributed by atoms with Crippen molar-refractivity contribution in [2.45, 2.75) is 56.7 Å². The van der Waals surface area contributed by atoms with Gasteiger partial charge < -0.3 is 14.5 Å². The van der Waals surface area contributed by atoms with Gasteiger partial charge in [0, 0.05) is 32.1 Å². The Morgan fingerprint density at radius 3 is 2.03 bits per heavy atom. The summed E-state index contributed by atoms with van der Waals surface area (Å²) in [4.78, 5) is 16.7. The molecule has 2 aromatic rings. The number of amides is 2. The monoisotopic (exact) mass is 514 g/mol. The fraction of sp³-hybridized carbons (Fsp3) is 0.500. The van der Waals surface area contributed by atoms with Crippen molar-refractivity contribution in [1.82, 2.24) is 9.80 Å². The quantitative estimate of drug-likeness (QED) is 0.425. The number of hydrogen-bond donors (Lipinski definition) is 0. The third-order valence-electron chi connectivity index (χ3n) is 6.79. The van der Waals surface area contributed by atoms with Crippen LogP contribution >= 0.6 is 0 Å². The second kappa shape index (κ2) is 10.7. The average molecular weight is 515 g/mol. The molecule has 4 nitrogen and oxygen atoms in total. The van der Waals surface area contributed by atoms with Gasteiger partial charge in [-0.1, -0.05) is 30.3 Å². The smallest absolute Gasteiger partial charge is 0.373 e. The Labute approximate surface area is 205 Å². The third kappa shape index (κ3) is 6.32. The minimum Gasteiger partial charge on any atom is -0.373 e. The summed E-state index contributed by atoms with van der Waals surface area (Å²) in [5, 5.41) is 0. The molecule has 10 heteroatoms. The molecular formula is C26H28F6N2O2. The molecule has 0 spiro atoms. The lowest BCUT2D eigenvalue weighted by molar-refractivity contribution is -0.143. The highest BCUT2D eigenvalue weighted by Crippen LogP contribution is 2.37. The molecule has 0 bridgehead atoms. The number of carbonyl (C=O) groups excluding carboxylic acids is 1. The van der Waals surface area contributed by atoms with Crippen LogP contribution in [-0.4, -0.2) is 48.1 Å². The number of piperidine rings is 2. The third-order valence-corrected chi connectivity index (χ3v) is 6.79. The van der Waals surface area contributed by atoms with Gasteiger partial charge >= 0.3 is 18.4 Å². The molecule has 0 radical (unpaired) electrons. The van der Waals surface area contributed by atoms with Crippen molar-refractivity contribution in [2.24, 2.45) is 0 Å². The summed E-state index contributed by atoms with van der Waals surface area (Å²) in [6.45, 7) is 1.78. The van der Waals surface area contributed by atoms with Gasteiger partial charge in [-0.15, -0.1) is 0 Å². The maximum Gasteiger partial charge on any atom is 0.416 e. The van der Waals surface area contributed by atoms with Crippen LogP contribution in [0.5, 0.6) is 0 Å². The van der Waals surface area contributed by atoms with Crippen molar-refractivity contribution in [2.75, 3.05) is 26.2 Å². The van der Waals surface area contributed by atoms with Gasteiger partial charge in [0.05, 0.1) is 23.8 Å². The number of nitrogens with zero attached hydrogens (tertiary/aromatic N) is 2. The lowest BCUT2D eigenvalue weighted by atomic mass is 9.88. The molecule has 2 amide bonds. The zero-order valence-electron chi connectivity index (χ0n) is 19.6. The highest BCUT2D eigenvalue weighted by Gasteiger charge is 2.38. The molecular weight excluding hydrogens is 486 g/mol. The molecule has 196 valence electrons. The molecule has 2 fully saturated rings. The normalized spacial score (nSPS) is 21.5. The number of halogens is 6. The van der Waals surface area contributed by atoms with E-state index in [2.05, 4.69) is 0 Å². The zero-order valence-corrected chi connectivity index (χ0v) is 19.6. The summed E-state index contributed by atoms with van der Waals surface area (Å²) < 4.78 is 85.4. The van der Waals surface area contributed by atoms with Gasteiger partial charge in [0.2, 0.25) is 0 Å². The molecule has 0 N–H and O–H groups in total. The maximum atomic E-state index is 13.2. The van der Waals surface area contributed by atoms with E-state index in [9.17, 15) is 31.1 Å². The van der Waals surface area contributed by atoms with E-state index in [4.69, 9.17) is 4.74 Å². The predicted octanol–water partition coefficient (Wildman–Crippen LogP) is 6.70. The van der Waals surface area contributed by atoms with Gasteiger partial charge in [-0.3, -0.25) is 0 Å². The molecule has 0 unspecified atom stereocenters. The highest BCUT2D eigenvalue weighted by atomic mass is 19.4. The molecule has 2 aliphatic heterocycles. The number of carbonyl (C=O) groups is 1. The van der Waals surface area contributed by atoms with Crippen LogP contribution in [0.15, 0.2) is 48.5 Å². The Balaban J connectivity index is 1.52. The second-order valence-corrected chi connectivity index (χ2v) is 9.35. The molecule has 2 aliphatic rings. The van der Waals surface area contributed by atoms with Crippen LogP contribution in [0.2, 0.25) is 0 Å².